The van der Waals surface area contributed by atoms with Crippen LogP contribution in [0.2, 0.25) is 0 Å². The van der Waals surface area contributed by atoms with E-state index in [4.69, 9.17) is 10.4 Å². The van der Waals surface area contributed by atoms with Crippen LogP contribution >= 0.6 is 0 Å². The zero-order valence-corrected chi connectivity index (χ0v) is 11.6. The monoisotopic (exact) mass is 272 g/mol. The molecule has 5 heteroatoms. The van der Waals surface area contributed by atoms with E-state index in [-0.39, 0.29) is 0 Å². The summed E-state index contributed by atoms with van der Waals surface area (Å²) in [4.78, 5) is 2.53. The molecule has 1 aromatic carbocycles. The maximum Gasteiger partial charge on any atom is 0.160 e. The van der Waals surface area contributed by atoms with Crippen molar-refractivity contribution in [3.8, 4) is 0 Å². The van der Waals surface area contributed by atoms with E-state index in [1.807, 2.05) is 6.07 Å². The van der Waals surface area contributed by atoms with Crippen molar-refractivity contribution in [2.45, 2.75) is 44.6 Å². The van der Waals surface area contributed by atoms with Crippen LogP contribution < -0.4 is 10.6 Å². The van der Waals surface area contributed by atoms with Gasteiger partial charge < -0.3 is 10.6 Å². The minimum absolute atomic E-state index is 0.641. The van der Waals surface area contributed by atoms with Gasteiger partial charge in [0.05, 0.1) is 11.4 Å². The normalized spacial score (nSPS) is 26.7. The highest BCUT2D eigenvalue weighted by Gasteiger charge is 2.34. The molecule has 1 aliphatic heterocycles. The zero-order chi connectivity index (χ0) is 13.5. The fraction of sp³-hybridized carbons (Fsp3) is 0.600. The van der Waals surface area contributed by atoms with Gasteiger partial charge in [0.25, 0.3) is 0 Å². The molecule has 2 N–H and O–H groups in total. The van der Waals surface area contributed by atoms with Crippen molar-refractivity contribution in [2.24, 2.45) is 5.92 Å². The van der Waals surface area contributed by atoms with E-state index in [0.717, 1.165) is 23.7 Å². The topological polar surface area (TPSA) is 68.2 Å². The Morgan fingerprint density at radius 1 is 1.05 bits per heavy atom. The largest absolute Gasteiger partial charge is 0.397 e. The first-order valence-corrected chi connectivity index (χ1v) is 7.62. The van der Waals surface area contributed by atoms with Crippen LogP contribution in [0.25, 0.3) is 11.0 Å². The molecule has 2 heterocycles. The number of nitrogens with zero attached hydrogens (tertiary/aromatic N) is 3. The molecular formula is C15H20N4O. The van der Waals surface area contributed by atoms with Crippen LogP contribution in [0, 0.1) is 5.92 Å². The second-order valence-corrected chi connectivity index (χ2v) is 6.08. The molecule has 5 nitrogen and oxygen atoms in total. The molecule has 2 fully saturated rings. The third-order valence-electron chi connectivity index (χ3n) is 4.98. The number of benzene rings is 1. The summed E-state index contributed by atoms with van der Waals surface area (Å²) in [6, 6.07) is 4.66. The van der Waals surface area contributed by atoms with Gasteiger partial charge in [0.2, 0.25) is 0 Å². The van der Waals surface area contributed by atoms with Crippen molar-refractivity contribution in [3.05, 3.63) is 12.1 Å². The second-order valence-electron chi connectivity index (χ2n) is 6.08. The molecule has 2 aliphatic rings. The van der Waals surface area contributed by atoms with Crippen molar-refractivity contribution >= 4 is 22.4 Å². The summed E-state index contributed by atoms with van der Waals surface area (Å²) in [5, 5.41) is 8.02. The average Bonchev–Trinajstić information content (AvgIpc) is 2.98. The van der Waals surface area contributed by atoms with Crippen LogP contribution in [-0.4, -0.2) is 22.9 Å². The fourth-order valence-corrected chi connectivity index (χ4v) is 4.03. The summed E-state index contributed by atoms with van der Waals surface area (Å²) in [5.41, 5.74) is 9.25. The molecule has 1 aliphatic carbocycles. The lowest BCUT2D eigenvalue weighted by Gasteiger charge is -2.45. The lowest BCUT2D eigenvalue weighted by atomic mass is 9.78. The first kappa shape index (κ1) is 12.0. The Bertz CT molecular complexity index is 621. The average molecular weight is 272 g/mol. The van der Waals surface area contributed by atoms with Crippen LogP contribution in [0.1, 0.15) is 38.5 Å². The van der Waals surface area contributed by atoms with Crippen molar-refractivity contribution in [1.82, 2.24) is 10.3 Å². The van der Waals surface area contributed by atoms with Gasteiger partial charge in [-0.05, 0) is 54.0 Å². The van der Waals surface area contributed by atoms with Gasteiger partial charge in [-0.15, -0.1) is 0 Å². The number of hydrogen-bond donors (Lipinski definition) is 1. The van der Waals surface area contributed by atoms with E-state index in [1.165, 1.54) is 38.5 Å². The minimum atomic E-state index is 0.641. The highest BCUT2D eigenvalue weighted by atomic mass is 16.6. The second kappa shape index (κ2) is 4.65. The summed E-state index contributed by atoms with van der Waals surface area (Å²) in [7, 11) is 0. The molecule has 0 radical (unpaired) electrons. The van der Waals surface area contributed by atoms with E-state index >= 15 is 0 Å². The SMILES string of the molecule is Nc1ccc(N2CCC[C@H]3CCCC[C@H]32)c2nonc12. The summed E-state index contributed by atoms with van der Waals surface area (Å²) >= 11 is 0. The van der Waals surface area contributed by atoms with Gasteiger partial charge in [0.15, 0.2) is 11.0 Å². The lowest BCUT2D eigenvalue weighted by Crippen LogP contribution is -2.47. The predicted octanol–water partition coefficient (Wildman–Crippen LogP) is 2.96. The van der Waals surface area contributed by atoms with Gasteiger partial charge in [-0.25, -0.2) is 4.63 Å². The quantitative estimate of drug-likeness (QED) is 0.808. The zero-order valence-electron chi connectivity index (χ0n) is 11.6. The maximum atomic E-state index is 5.95. The van der Waals surface area contributed by atoms with Gasteiger partial charge in [0.1, 0.15) is 0 Å². The molecule has 0 spiro atoms. The van der Waals surface area contributed by atoms with Gasteiger partial charge in [-0.3, -0.25) is 0 Å². The Morgan fingerprint density at radius 3 is 2.80 bits per heavy atom. The van der Waals surface area contributed by atoms with Crippen molar-refractivity contribution in [2.75, 3.05) is 17.2 Å². The molecule has 0 bridgehead atoms. The van der Waals surface area contributed by atoms with E-state index in [9.17, 15) is 0 Å². The highest BCUT2D eigenvalue weighted by molar-refractivity contribution is 5.95. The first-order valence-electron chi connectivity index (χ1n) is 7.62. The van der Waals surface area contributed by atoms with Crippen LogP contribution in [0.3, 0.4) is 0 Å². The van der Waals surface area contributed by atoms with Gasteiger partial charge in [0, 0.05) is 12.6 Å². The van der Waals surface area contributed by atoms with E-state index in [2.05, 4.69) is 21.3 Å². The third kappa shape index (κ3) is 1.76. The van der Waals surface area contributed by atoms with Crippen molar-refractivity contribution < 1.29 is 4.63 Å². The van der Waals surface area contributed by atoms with Crippen LogP contribution in [-0.2, 0) is 0 Å². The van der Waals surface area contributed by atoms with Crippen LogP contribution in [0.4, 0.5) is 11.4 Å². The van der Waals surface area contributed by atoms with E-state index in [1.54, 1.807) is 0 Å². The Labute approximate surface area is 118 Å². The molecule has 106 valence electrons. The lowest BCUT2D eigenvalue weighted by molar-refractivity contribution is 0.244. The third-order valence-corrected chi connectivity index (χ3v) is 4.98. The smallest absolute Gasteiger partial charge is 0.160 e. The van der Waals surface area contributed by atoms with Gasteiger partial charge in [-0.2, -0.15) is 0 Å². The van der Waals surface area contributed by atoms with Crippen LogP contribution in [0.15, 0.2) is 16.8 Å². The van der Waals surface area contributed by atoms with Crippen molar-refractivity contribution in [1.29, 1.82) is 0 Å². The molecule has 2 atom stereocenters. The van der Waals surface area contributed by atoms with E-state index in [0.29, 0.717) is 17.2 Å². The number of nitrogen functional groups attached to an aromatic ring is 1. The van der Waals surface area contributed by atoms with Gasteiger partial charge >= 0.3 is 0 Å². The fourth-order valence-electron chi connectivity index (χ4n) is 4.03. The highest BCUT2D eigenvalue weighted by Crippen LogP contribution is 2.40. The molecule has 1 saturated heterocycles. The number of nitrogens with two attached hydrogens (primary N) is 1. The van der Waals surface area contributed by atoms with E-state index < -0.39 is 0 Å². The van der Waals surface area contributed by atoms with Crippen LogP contribution in [0.5, 0.6) is 0 Å². The molecule has 1 aromatic heterocycles. The number of rotatable bonds is 1. The molecule has 2 aromatic rings. The molecule has 0 unspecified atom stereocenters. The Morgan fingerprint density at radius 2 is 1.85 bits per heavy atom. The Kier molecular flexibility index (Phi) is 2.79. The summed E-state index contributed by atoms with van der Waals surface area (Å²) in [5.74, 6) is 0.838. The summed E-state index contributed by atoms with van der Waals surface area (Å²) < 4.78 is 4.91. The Hall–Kier alpha value is -1.78. The maximum absolute atomic E-state index is 5.95. The number of anilines is 2. The summed E-state index contributed by atoms with van der Waals surface area (Å²) in [6.45, 7) is 1.10. The standard InChI is InChI=1S/C15H20N4O/c16-11-7-8-13(15-14(11)17-20-18-15)19-9-3-5-10-4-1-2-6-12(10)19/h7-8,10,12H,1-6,9,16H2/t10-,12-/m1/s1. The molecule has 0 amide bonds. The minimum Gasteiger partial charge on any atom is -0.397 e. The molecular weight excluding hydrogens is 252 g/mol. The number of piperidine rings is 1. The molecule has 4 rings (SSSR count). The number of aromatic nitrogens is 2. The number of fused-ring (bicyclic) bond motifs is 2. The molecule has 1 saturated carbocycles. The predicted molar refractivity (Wildman–Crippen MR) is 78.5 cm³/mol. The summed E-state index contributed by atoms with van der Waals surface area (Å²) in [6.07, 6.45) is 8.03. The molecule has 20 heavy (non-hydrogen) atoms. The van der Waals surface area contributed by atoms with Gasteiger partial charge in [-0.1, -0.05) is 12.8 Å². The first-order chi connectivity index (χ1) is 9.84. The van der Waals surface area contributed by atoms with Crippen molar-refractivity contribution in [3.63, 3.8) is 0 Å². The number of hydrogen-bond acceptors (Lipinski definition) is 5. The Balaban J connectivity index is 1.77.